The molecule has 0 radical (unpaired) electrons. The summed E-state index contributed by atoms with van der Waals surface area (Å²) in [6, 6.07) is 5.18. The van der Waals surface area contributed by atoms with Crippen molar-refractivity contribution in [2.24, 2.45) is 0 Å². The fourth-order valence-corrected chi connectivity index (χ4v) is 1.74. The summed E-state index contributed by atoms with van der Waals surface area (Å²) in [5.41, 5.74) is 0.767. The lowest BCUT2D eigenvalue weighted by Crippen LogP contribution is -1.89. The number of hydrogen-bond donors (Lipinski definition) is 0. The number of hydrogen-bond acceptors (Lipinski definition) is 2. The van der Waals surface area contributed by atoms with Crippen molar-refractivity contribution in [2.45, 2.75) is 0 Å². The van der Waals surface area contributed by atoms with Crippen molar-refractivity contribution in [1.29, 1.82) is 0 Å². The Morgan fingerprint density at radius 2 is 1.81 bits per heavy atom. The molecule has 0 atom stereocenters. The molecule has 1 aromatic carbocycles. The van der Waals surface area contributed by atoms with Gasteiger partial charge in [-0.1, -0.05) is 34.8 Å². The largest absolute Gasteiger partial charge is 0.235 e. The van der Waals surface area contributed by atoms with Crippen molar-refractivity contribution < 1.29 is 0 Å². The van der Waals surface area contributed by atoms with Crippen LogP contribution in [0.5, 0.6) is 0 Å². The SMILES string of the molecule is Clc1ccc(-c2ncc(Br)c(Cl)n2)cc1Cl. The molecule has 16 heavy (non-hydrogen) atoms. The molecule has 0 saturated heterocycles. The van der Waals surface area contributed by atoms with E-state index in [1.807, 2.05) is 0 Å². The second kappa shape index (κ2) is 4.88. The van der Waals surface area contributed by atoms with Crippen LogP contribution in [0.15, 0.2) is 28.9 Å². The van der Waals surface area contributed by atoms with Gasteiger partial charge in [0.25, 0.3) is 0 Å². The molecule has 2 aromatic rings. The minimum atomic E-state index is 0.357. The fraction of sp³-hybridized carbons (Fsp3) is 0. The first-order valence-electron chi connectivity index (χ1n) is 4.21. The molecule has 2 rings (SSSR count). The van der Waals surface area contributed by atoms with Crippen LogP contribution in [0.25, 0.3) is 11.4 Å². The summed E-state index contributed by atoms with van der Waals surface area (Å²) < 4.78 is 0.651. The summed E-state index contributed by atoms with van der Waals surface area (Å²) in [6.07, 6.45) is 1.59. The molecule has 82 valence electrons. The predicted octanol–water partition coefficient (Wildman–Crippen LogP) is 4.87. The van der Waals surface area contributed by atoms with E-state index in [1.54, 1.807) is 24.4 Å². The van der Waals surface area contributed by atoms with E-state index in [2.05, 4.69) is 25.9 Å². The van der Waals surface area contributed by atoms with Gasteiger partial charge in [-0.3, -0.25) is 0 Å². The lowest BCUT2D eigenvalue weighted by Gasteiger charge is -2.03. The van der Waals surface area contributed by atoms with Gasteiger partial charge in [-0.2, -0.15) is 0 Å². The van der Waals surface area contributed by atoms with Gasteiger partial charge in [-0.25, -0.2) is 9.97 Å². The molecule has 0 aliphatic heterocycles. The van der Waals surface area contributed by atoms with Gasteiger partial charge in [0.15, 0.2) is 5.82 Å². The highest BCUT2D eigenvalue weighted by molar-refractivity contribution is 9.10. The van der Waals surface area contributed by atoms with Crippen LogP contribution in [0, 0.1) is 0 Å². The van der Waals surface area contributed by atoms with E-state index >= 15 is 0 Å². The summed E-state index contributed by atoms with van der Waals surface area (Å²) in [4.78, 5) is 8.26. The molecule has 0 aliphatic rings. The highest BCUT2D eigenvalue weighted by atomic mass is 79.9. The molecule has 6 heteroatoms. The Morgan fingerprint density at radius 3 is 2.44 bits per heavy atom. The molecule has 0 saturated carbocycles. The molecular formula is C10H4BrCl3N2. The van der Waals surface area contributed by atoms with Crippen LogP contribution < -0.4 is 0 Å². The van der Waals surface area contributed by atoms with E-state index in [1.165, 1.54) is 0 Å². The van der Waals surface area contributed by atoms with Gasteiger partial charge >= 0.3 is 0 Å². The van der Waals surface area contributed by atoms with Crippen LogP contribution >= 0.6 is 50.7 Å². The summed E-state index contributed by atoms with van der Waals surface area (Å²) in [5, 5.41) is 1.31. The van der Waals surface area contributed by atoms with Gasteiger partial charge in [-0.15, -0.1) is 0 Å². The Balaban J connectivity index is 2.50. The number of halogens is 4. The van der Waals surface area contributed by atoms with Gasteiger partial charge in [0.1, 0.15) is 5.15 Å². The zero-order valence-electron chi connectivity index (χ0n) is 7.72. The second-order valence-electron chi connectivity index (χ2n) is 2.96. The molecule has 2 nitrogen and oxygen atoms in total. The number of nitrogens with zero attached hydrogens (tertiary/aromatic N) is 2. The molecular weight excluding hydrogens is 334 g/mol. The van der Waals surface area contributed by atoms with Gasteiger partial charge in [-0.05, 0) is 34.1 Å². The monoisotopic (exact) mass is 336 g/mol. The standard InChI is InChI=1S/C10H4BrCl3N2/c11-6-4-15-10(16-9(6)14)5-1-2-7(12)8(13)3-5/h1-4H. The van der Waals surface area contributed by atoms with E-state index < -0.39 is 0 Å². The molecule has 0 amide bonds. The van der Waals surface area contributed by atoms with Crippen molar-refractivity contribution >= 4 is 50.7 Å². The maximum Gasteiger partial charge on any atom is 0.160 e. The van der Waals surface area contributed by atoms with Crippen molar-refractivity contribution in [3.63, 3.8) is 0 Å². The van der Waals surface area contributed by atoms with Crippen LogP contribution in [-0.4, -0.2) is 9.97 Å². The predicted molar refractivity (Wildman–Crippen MR) is 70.2 cm³/mol. The van der Waals surface area contributed by atoms with Crippen LogP contribution in [0.4, 0.5) is 0 Å². The Kier molecular flexibility index (Phi) is 3.70. The van der Waals surface area contributed by atoms with Crippen molar-refractivity contribution in [3.05, 3.63) is 44.1 Å². The first-order chi connectivity index (χ1) is 7.58. The van der Waals surface area contributed by atoms with Crippen molar-refractivity contribution in [1.82, 2.24) is 9.97 Å². The first kappa shape index (κ1) is 12.1. The second-order valence-corrected chi connectivity index (χ2v) is 4.99. The minimum absolute atomic E-state index is 0.357. The zero-order chi connectivity index (χ0) is 11.7. The molecule has 1 heterocycles. The maximum atomic E-state index is 5.91. The molecule has 0 bridgehead atoms. The molecule has 0 N–H and O–H groups in total. The Bertz CT molecular complexity index is 496. The molecule has 1 aromatic heterocycles. The van der Waals surface area contributed by atoms with E-state index in [9.17, 15) is 0 Å². The van der Waals surface area contributed by atoms with E-state index in [-0.39, 0.29) is 0 Å². The lowest BCUT2D eigenvalue weighted by molar-refractivity contribution is 1.16. The third-order valence-electron chi connectivity index (χ3n) is 1.88. The van der Waals surface area contributed by atoms with Crippen molar-refractivity contribution in [2.75, 3.05) is 0 Å². The highest BCUT2D eigenvalue weighted by Gasteiger charge is 2.07. The summed E-state index contributed by atoms with van der Waals surface area (Å²) in [7, 11) is 0. The first-order valence-corrected chi connectivity index (χ1v) is 6.14. The normalized spacial score (nSPS) is 10.5. The van der Waals surface area contributed by atoms with Gasteiger partial charge in [0.05, 0.1) is 14.5 Å². The van der Waals surface area contributed by atoms with Gasteiger partial charge in [0.2, 0.25) is 0 Å². The summed E-state index contributed by atoms with van der Waals surface area (Å²) in [5.74, 6) is 0.506. The van der Waals surface area contributed by atoms with Gasteiger partial charge < -0.3 is 0 Å². The summed E-state index contributed by atoms with van der Waals surface area (Å²) in [6.45, 7) is 0. The molecule has 0 fully saturated rings. The van der Waals surface area contributed by atoms with E-state index in [4.69, 9.17) is 34.8 Å². The number of rotatable bonds is 1. The Hall–Kier alpha value is -0.350. The average Bonchev–Trinajstić information content (AvgIpc) is 2.26. The third kappa shape index (κ3) is 2.48. The quantitative estimate of drug-likeness (QED) is 0.694. The number of benzene rings is 1. The van der Waals surface area contributed by atoms with E-state index in [0.717, 1.165) is 5.56 Å². The molecule has 0 unspecified atom stereocenters. The zero-order valence-corrected chi connectivity index (χ0v) is 11.6. The van der Waals surface area contributed by atoms with Crippen LogP contribution in [0.3, 0.4) is 0 Å². The molecule has 0 spiro atoms. The van der Waals surface area contributed by atoms with Crippen molar-refractivity contribution in [3.8, 4) is 11.4 Å². The smallest absolute Gasteiger partial charge is 0.160 e. The number of aromatic nitrogens is 2. The van der Waals surface area contributed by atoms with Crippen LogP contribution in [0.1, 0.15) is 0 Å². The van der Waals surface area contributed by atoms with Crippen LogP contribution in [-0.2, 0) is 0 Å². The topological polar surface area (TPSA) is 25.8 Å². The Labute approximate surface area is 116 Å². The fourth-order valence-electron chi connectivity index (χ4n) is 1.12. The summed E-state index contributed by atoms with van der Waals surface area (Å²) >= 11 is 20.8. The molecule has 0 aliphatic carbocycles. The van der Waals surface area contributed by atoms with E-state index in [0.29, 0.717) is 25.5 Å². The lowest BCUT2D eigenvalue weighted by atomic mass is 10.2. The average molecular weight is 338 g/mol. The van der Waals surface area contributed by atoms with Gasteiger partial charge in [0, 0.05) is 11.8 Å². The minimum Gasteiger partial charge on any atom is -0.235 e. The third-order valence-corrected chi connectivity index (χ3v) is 3.71. The highest BCUT2D eigenvalue weighted by Crippen LogP contribution is 2.28. The van der Waals surface area contributed by atoms with Crippen LogP contribution in [0.2, 0.25) is 15.2 Å². The maximum absolute atomic E-state index is 5.91. The Morgan fingerprint density at radius 1 is 1.06 bits per heavy atom.